The van der Waals surface area contributed by atoms with Crippen molar-refractivity contribution >= 4 is 11.5 Å². The van der Waals surface area contributed by atoms with E-state index in [9.17, 15) is 14.5 Å². The van der Waals surface area contributed by atoms with Gasteiger partial charge in [0.05, 0.1) is 0 Å². The lowest BCUT2D eigenvalue weighted by Gasteiger charge is -1.98. The SMILES string of the molecule is CNc1[nH]c(=O)[nH]c(=O)c1N=O. The molecule has 0 fully saturated rings. The van der Waals surface area contributed by atoms with Gasteiger partial charge in [0.2, 0.25) is 5.69 Å². The fourth-order valence-electron chi connectivity index (χ4n) is 0.748. The second-order valence-electron chi connectivity index (χ2n) is 1.97. The van der Waals surface area contributed by atoms with Gasteiger partial charge in [0.1, 0.15) is 5.82 Å². The van der Waals surface area contributed by atoms with Crippen molar-refractivity contribution in [2.75, 3.05) is 12.4 Å². The molecule has 0 saturated heterocycles. The first kappa shape index (κ1) is 8.18. The monoisotopic (exact) mass is 170 g/mol. The van der Waals surface area contributed by atoms with E-state index in [2.05, 4.69) is 15.5 Å². The second-order valence-corrected chi connectivity index (χ2v) is 1.97. The highest BCUT2D eigenvalue weighted by Gasteiger charge is 2.07. The van der Waals surface area contributed by atoms with Crippen LogP contribution in [0.5, 0.6) is 0 Å². The van der Waals surface area contributed by atoms with E-state index in [1.54, 1.807) is 0 Å². The second kappa shape index (κ2) is 2.99. The van der Waals surface area contributed by atoms with Crippen molar-refractivity contribution < 1.29 is 0 Å². The van der Waals surface area contributed by atoms with E-state index in [-0.39, 0.29) is 11.5 Å². The molecule has 7 nitrogen and oxygen atoms in total. The highest BCUT2D eigenvalue weighted by atomic mass is 16.3. The number of aromatic nitrogens is 2. The first-order valence-electron chi connectivity index (χ1n) is 3.06. The lowest BCUT2D eigenvalue weighted by Crippen LogP contribution is -2.23. The van der Waals surface area contributed by atoms with Crippen LogP contribution in [0.2, 0.25) is 0 Å². The quantitative estimate of drug-likeness (QED) is 0.520. The molecule has 0 radical (unpaired) electrons. The molecule has 0 atom stereocenters. The van der Waals surface area contributed by atoms with Gasteiger partial charge in [0.25, 0.3) is 5.56 Å². The zero-order chi connectivity index (χ0) is 9.14. The van der Waals surface area contributed by atoms with Crippen LogP contribution in [0.15, 0.2) is 14.8 Å². The molecule has 3 N–H and O–H groups in total. The Bertz CT molecular complexity index is 404. The summed E-state index contributed by atoms with van der Waals surface area (Å²) in [5.41, 5.74) is -1.85. The Kier molecular flexibility index (Phi) is 2.04. The maximum absolute atomic E-state index is 10.8. The molecule has 0 bridgehead atoms. The molecule has 0 unspecified atom stereocenters. The molecule has 0 aliphatic heterocycles. The molecule has 0 aromatic carbocycles. The lowest BCUT2D eigenvalue weighted by molar-refractivity contribution is 1.03. The van der Waals surface area contributed by atoms with E-state index in [0.717, 1.165) is 0 Å². The van der Waals surface area contributed by atoms with Crippen molar-refractivity contribution in [2.45, 2.75) is 0 Å². The Hall–Kier alpha value is -1.92. The highest BCUT2D eigenvalue weighted by molar-refractivity contribution is 5.57. The molecular weight excluding hydrogens is 164 g/mol. The van der Waals surface area contributed by atoms with Crippen LogP contribution in [0.3, 0.4) is 0 Å². The predicted molar refractivity (Wildman–Crippen MR) is 42.7 cm³/mol. The van der Waals surface area contributed by atoms with Gasteiger partial charge >= 0.3 is 5.69 Å². The summed E-state index contributed by atoms with van der Waals surface area (Å²) in [6, 6.07) is 0. The molecule has 0 amide bonds. The third-order valence-corrected chi connectivity index (χ3v) is 1.26. The number of nitrogens with zero attached hydrogens (tertiary/aromatic N) is 1. The van der Waals surface area contributed by atoms with Gasteiger partial charge in [-0.15, -0.1) is 4.91 Å². The standard InChI is InChI=1S/C5H6N4O3/c1-6-3-2(9-12)4(10)8-5(11)7-3/h1H3,(H3,6,7,8,10,11). The summed E-state index contributed by atoms with van der Waals surface area (Å²) in [4.78, 5) is 35.6. The molecule has 0 spiro atoms. The van der Waals surface area contributed by atoms with Crippen LogP contribution in [-0.2, 0) is 0 Å². The number of nitrogens with one attached hydrogen (secondary N) is 3. The molecule has 1 heterocycles. The minimum absolute atomic E-state index is 0.0127. The fraction of sp³-hybridized carbons (Fsp3) is 0.200. The zero-order valence-corrected chi connectivity index (χ0v) is 6.17. The molecule has 1 aromatic rings. The molecular formula is C5H6N4O3. The number of aromatic amines is 2. The maximum atomic E-state index is 10.8. The molecule has 1 rings (SSSR count). The van der Waals surface area contributed by atoms with E-state index in [1.807, 2.05) is 4.98 Å². The topological polar surface area (TPSA) is 107 Å². The molecule has 0 aliphatic rings. The average Bonchev–Trinajstić information content (AvgIpc) is 2.03. The Labute approximate surface area is 65.8 Å². The van der Waals surface area contributed by atoms with Crippen molar-refractivity contribution in [3.63, 3.8) is 0 Å². The largest absolute Gasteiger partial charge is 0.373 e. The molecule has 0 aliphatic carbocycles. The van der Waals surface area contributed by atoms with Crippen molar-refractivity contribution in [3.05, 3.63) is 25.7 Å². The fourth-order valence-corrected chi connectivity index (χ4v) is 0.748. The number of anilines is 1. The van der Waals surface area contributed by atoms with E-state index in [0.29, 0.717) is 0 Å². The summed E-state index contributed by atoms with van der Waals surface area (Å²) in [5.74, 6) is 0.0127. The van der Waals surface area contributed by atoms with Crippen LogP contribution >= 0.6 is 0 Å². The van der Waals surface area contributed by atoms with Gasteiger partial charge in [-0.05, 0) is 5.18 Å². The smallest absolute Gasteiger partial charge is 0.327 e. The lowest BCUT2D eigenvalue weighted by atomic mass is 10.5. The van der Waals surface area contributed by atoms with Crippen LogP contribution in [0.1, 0.15) is 0 Å². The van der Waals surface area contributed by atoms with Crippen LogP contribution in [0.25, 0.3) is 0 Å². The van der Waals surface area contributed by atoms with Gasteiger partial charge in [-0.3, -0.25) is 14.8 Å². The third-order valence-electron chi connectivity index (χ3n) is 1.26. The van der Waals surface area contributed by atoms with E-state index >= 15 is 0 Å². The van der Waals surface area contributed by atoms with Gasteiger partial charge < -0.3 is 5.32 Å². The summed E-state index contributed by atoms with van der Waals surface area (Å²) in [6.07, 6.45) is 0. The molecule has 64 valence electrons. The number of H-pyrrole nitrogens is 2. The third kappa shape index (κ3) is 1.24. The summed E-state index contributed by atoms with van der Waals surface area (Å²) in [5, 5.41) is 4.91. The van der Waals surface area contributed by atoms with Gasteiger partial charge in [0.15, 0.2) is 0 Å². The van der Waals surface area contributed by atoms with Gasteiger partial charge in [0, 0.05) is 7.05 Å². The van der Waals surface area contributed by atoms with Crippen molar-refractivity contribution in [2.24, 2.45) is 5.18 Å². The molecule has 1 aromatic heterocycles. The summed E-state index contributed by atoms with van der Waals surface area (Å²) < 4.78 is 0. The summed E-state index contributed by atoms with van der Waals surface area (Å²) >= 11 is 0. The Morgan fingerprint density at radius 2 is 2.00 bits per heavy atom. The minimum Gasteiger partial charge on any atom is -0.373 e. The number of nitroso groups, excluding NO2 is 1. The first-order chi connectivity index (χ1) is 5.69. The van der Waals surface area contributed by atoms with Crippen molar-refractivity contribution in [3.8, 4) is 0 Å². The Morgan fingerprint density at radius 1 is 1.33 bits per heavy atom. The van der Waals surface area contributed by atoms with Crippen LogP contribution in [0.4, 0.5) is 11.5 Å². The van der Waals surface area contributed by atoms with Crippen LogP contribution in [0, 0.1) is 4.91 Å². The first-order valence-corrected chi connectivity index (χ1v) is 3.06. The average molecular weight is 170 g/mol. The van der Waals surface area contributed by atoms with E-state index in [4.69, 9.17) is 0 Å². The van der Waals surface area contributed by atoms with Gasteiger partial charge in [-0.2, -0.15) is 0 Å². The van der Waals surface area contributed by atoms with Crippen molar-refractivity contribution in [1.82, 2.24) is 9.97 Å². The zero-order valence-electron chi connectivity index (χ0n) is 6.17. The van der Waals surface area contributed by atoms with Crippen LogP contribution in [-0.4, -0.2) is 17.0 Å². The number of hydrogen-bond acceptors (Lipinski definition) is 5. The predicted octanol–water partition coefficient (Wildman–Crippen LogP) is -0.497. The van der Waals surface area contributed by atoms with Crippen molar-refractivity contribution in [1.29, 1.82) is 0 Å². The number of rotatable bonds is 2. The molecule has 12 heavy (non-hydrogen) atoms. The van der Waals surface area contributed by atoms with E-state index in [1.165, 1.54) is 7.05 Å². The Balaban J connectivity index is 3.55. The van der Waals surface area contributed by atoms with E-state index < -0.39 is 11.2 Å². The summed E-state index contributed by atoms with van der Waals surface area (Å²) in [7, 11) is 1.46. The highest BCUT2D eigenvalue weighted by Crippen LogP contribution is 2.12. The van der Waals surface area contributed by atoms with Crippen LogP contribution < -0.4 is 16.6 Å². The molecule has 7 heteroatoms. The maximum Gasteiger partial charge on any atom is 0.327 e. The van der Waals surface area contributed by atoms with Gasteiger partial charge in [-0.1, -0.05) is 0 Å². The van der Waals surface area contributed by atoms with Gasteiger partial charge in [-0.25, -0.2) is 4.79 Å². The Morgan fingerprint density at radius 3 is 2.50 bits per heavy atom. The summed E-state index contributed by atoms with van der Waals surface area (Å²) in [6.45, 7) is 0. The molecule has 0 saturated carbocycles. The normalized spacial score (nSPS) is 9.42. The minimum atomic E-state index is -0.807. The number of hydrogen-bond donors (Lipinski definition) is 3.